The zero-order valence-electron chi connectivity index (χ0n) is 17.3. The highest BCUT2D eigenvalue weighted by Crippen LogP contribution is 2.24. The number of hydrogen-bond donors (Lipinski definition) is 1. The van der Waals surface area contributed by atoms with Crippen LogP contribution >= 0.6 is 0 Å². The predicted molar refractivity (Wildman–Crippen MR) is 112 cm³/mol. The van der Waals surface area contributed by atoms with Crippen LogP contribution in [0, 0.1) is 0 Å². The van der Waals surface area contributed by atoms with Crippen molar-refractivity contribution in [3.63, 3.8) is 0 Å². The summed E-state index contributed by atoms with van der Waals surface area (Å²) in [6.07, 6.45) is 1.21. The molecule has 1 aliphatic rings. The third-order valence-electron chi connectivity index (χ3n) is 4.65. The first-order chi connectivity index (χ1) is 14.6. The van der Waals surface area contributed by atoms with E-state index >= 15 is 0 Å². The molecule has 1 N–H and O–H groups in total. The van der Waals surface area contributed by atoms with Gasteiger partial charge in [-0.15, -0.1) is 0 Å². The standard InChI is InChI=1S/C23H27NO6/c1-3-27-21-9-5-4-8-20(21)24-22(25)16(2)30-23(26)17-10-12-18(13-11-17)29-15-19-7-6-14-28-19/h4-5,8-13,16,19H,3,6-7,14-15H2,1-2H3,(H,24,25). The fourth-order valence-corrected chi connectivity index (χ4v) is 3.02. The average Bonchev–Trinajstić information content (AvgIpc) is 3.28. The molecule has 0 aliphatic carbocycles. The molecule has 2 unspecified atom stereocenters. The van der Waals surface area contributed by atoms with E-state index in [9.17, 15) is 9.59 Å². The first kappa shape index (κ1) is 21.6. The summed E-state index contributed by atoms with van der Waals surface area (Å²) in [5, 5.41) is 2.73. The minimum atomic E-state index is -0.970. The molecule has 7 heteroatoms. The molecule has 1 aliphatic heterocycles. The van der Waals surface area contributed by atoms with Gasteiger partial charge >= 0.3 is 5.97 Å². The highest BCUT2D eigenvalue weighted by atomic mass is 16.5. The van der Waals surface area contributed by atoms with E-state index in [0.29, 0.717) is 36.0 Å². The van der Waals surface area contributed by atoms with E-state index in [-0.39, 0.29) is 6.10 Å². The summed E-state index contributed by atoms with van der Waals surface area (Å²) in [5.41, 5.74) is 0.869. The van der Waals surface area contributed by atoms with Gasteiger partial charge in [-0.25, -0.2) is 4.79 Å². The van der Waals surface area contributed by atoms with Gasteiger partial charge in [-0.3, -0.25) is 4.79 Å². The van der Waals surface area contributed by atoms with Crippen LogP contribution in [0.4, 0.5) is 5.69 Å². The second-order valence-corrected chi connectivity index (χ2v) is 6.94. The maximum atomic E-state index is 12.4. The van der Waals surface area contributed by atoms with Crippen LogP contribution in [0.5, 0.6) is 11.5 Å². The van der Waals surface area contributed by atoms with Crippen molar-refractivity contribution in [3.05, 3.63) is 54.1 Å². The number of carbonyl (C=O) groups excluding carboxylic acids is 2. The Bertz CT molecular complexity index is 845. The maximum Gasteiger partial charge on any atom is 0.338 e. The number of benzene rings is 2. The first-order valence-electron chi connectivity index (χ1n) is 10.1. The van der Waals surface area contributed by atoms with Crippen molar-refractivity contribution in [1.82, 2.24) is 0 Å². The minimum Gasteiger partial charge on any atom is -0.492 e. The molecule has 0 bridgehead atoms. The molecule has 1 fully saturated rings. The van der Waals surface area contributed by atoms with E-state index in [0.717, 1.165) is 19.4 Å². The van der Waals surface area contributed by atoms with Crippen molar-refractivity contribution in [2.45, 2.75) is 38.9 Å². The van der Waals surface area contributed by atoms with Crippen LogP contribution in [0.3, 0.4) is 0 Å². The molecule has 2 atom stereocenters. The minimum absolute atomic E-state index is 0.127. The van der Waals surface area contributed by atoms with Gasteiger partial charge in [-0.1, -0.05) is 12.1 Å². The van der Waals surface area contributed by atoms with Gasteiger partial charge in [0.05, 0.1) is 24.0 Å². The smallest absolute Gasteiger partial charge is 0.338 e. The Morgan fingerprint density at radius 1 is 1.13 bits per heavy atom. The largest absolute Gasteiger partial charge is 0.492 e. The molecule has 1 amide bonds. The van der Waals surface area contributed by atoms with Crippen molar-refractivity contribution < 1.29 is 28.5 Å². The van der Waals surface area contributed by atoms with E-state index in [1.165, 1.54) is 6.92 Å². The zero-order chi connectivity index (χ0) is 21.3. The summed E-state index contributed by atoms with van der Waals surface area (Å²) in [5.74, 6) is 0.194. The number of ether oxygens (including phenoxy) is 4. The summed E-state index contributed by atoms with van der Waals surface area (Å²) in [6.45, 7) is 5.13. The molecular weight excluding hydrogens is 386 g/mol. The van der Waals surface area contributed by atoms with Crippen molar-refractivity contribution >= 4 is 17.6 Å². The molecule has 0 saturated carbocycles. The maximum absolute atomic E-state index is 12.4. The molecule has 160 valence electrons. The molecule has 1 heterocycles. The van der Waals surface area contributed by atoms with E-state index < -0.39 is 18.0 Å². The summed E-state index contributed by atoms with van der Waals surface area (Å²) < 4.78 is 22.0. The number of rotatable bonds is 9. The van der Waals surface area contributed by atoms with E-state index in [4.69, 9.17) is 18.9 Å². The molecular formula is C23H27NO6. The topological polar surface area (TPSA) is 83.1 Å². The van der Waals surface area contributed by atoms with Crippen molar-refractivity contribution in [2.24, 2.45) is 0 Å². The fraction of sp³-hybridized carbons (Fsp3) is 0.391. The van der Waals surface area contributed by atoms with Crippen LogP contribution in [0.1, 0.15) is 37.0 Å². The van der Waals surface area contributed by atoms with Gasteiger partial charge in [-0.05, 0) is 63.1 Å². The highest BCUT2D eigenvalue weighted by Gasteiger charge is 2.20. The monoisotopic (exact) mass is 413 g/mol. The fourth-order valence-electron chi connectivity index (χ4n) is 3.02. The highest BCUT2D eigenvalue weighted by molar-refractivity contribution is 5.98. The van der Waals surface area contributed by atoms with Crippen LogP contribution in [0.15, 0.2) is 48.5 Å². The lowest BCUT2D eigenvalue weighted by molar-refractivity contribution is -0.123. The summed E-state index contributed by atoms with van der Waals surface area (Å²) >= 11 is 0. The zero-order valence-corrected chi connectivity index (χ0v) is 17.3. The lowest BCUT2D eigenvalue weighted by atomic mass is 10.2. The quantitative estimate of drug-likeness (QED) is 0.629. The normalized spacial score (nSPS) is 16.5. The third kappa shape index (κ3) is 5.97. The van der Waals surface area contributed by atoms with E-state index in [2.05, 4.69) is 5.32 Å². The van der Waals surface area contributed by atoms with Crippen molar-refractivity contribution in [3.8, 4) is 11.5 Å². The Labute approximate surface area is 176 Å². The lowest BCUT2D eigenvalue weighted by Crippen LogP contribution is -2.30. The van der Waals surface area contributed by atoms with Gasteiger partial charge in [0, 0.05) is 6.61 Å². The lowest BCUT2D eigenvalue weighted by Gasteiger charge is -2.16. The molecule has 3 rings (SSSR count). The van der Waals surface area contributed by atoms with Crippen LogP contribution in [0.25, 0.3) is 0 Å². The molecule has 2 aromatic rings. The van der Waals surface area contributed by atoms with Gasteiger partial charge in [-0.2, -0.15) is 0 Å². The van der Waals surface area contributed by atoms with E-state index in [1.54, 1.807) is 42.5 Å². The van der Waals surface area contributed by atoms with Crippen LogP contribution in [0.2, 0.25) is 0 Å². The van der Waals surface area contributed by atoms with Crippen LogP contribution in [-0.2, 0) is 14.3 Å². The second-order valence-electron chi connectivity index (χ2n) is 6.94. The number of nitrogens with one attached hydrogen (secondary N) is 1. The molecule has 7 nitrogen and oxygen atoms in total. The number of amides is 1. The Hall–Kier alpha value is -3.06. The number of hydrogen-bond acceptors (Lipinski definition) is 6. The third-order valence-corrected chi connectivity index (χ3v) is 4.65. The number of carbonyl (C=O) groups is 2. The van der Waals surface area contributed by atoms with Gasteiger partial charge in [0.2, 0.25) is 0 Å². The summed E-state index contributed by atoms with van der Waals surface area (Å²) in [7, 11) is 0. The van der Waals surface area contributed by atoms with Gasteiger partial charge in [0.15, 0.2) is 6.10 Å². The Morgan fingerprint density at radius 2 is 1.90 bits per heavy atom. The number of para-hydroxylation sites is 2. The van der Waals surface area contributed by atoms with E-state index in [1.807, 2.05) is 13.0 Å². The second kappa shape index (κ2) is 10.6. The Kier molecular flexibility index (Phi) is 7.68. The Balaban J connectivity index is 1.51. The molecule has 2 aromatic carbocycles. The Morgan fingerprint density at radius 3 is 2.60 bits per heavy atom. The van der Waals surface area contributed by atoms with Crippen molar-refractivity contribution in [1.29, 1.82) is 0 Å². The number of anilines is 1. The molecule has 30 heavy (non-hydrogen) atoms. The molecule has 0 radical (unpaired) electrons. The molecule has 0 spiro atoms. The van der Waals surface area contributed by atoms with Gasteiger partial charge < -0.3 is 24.3 Å². The first-order valence-corrected chi connectivity index (χ1v) is 10.1. The average molecular weight is 413 g/mol. The molecule has 1 saturated heterocycles. The van der Waals surface area contributed by atoms with Crippen LogP contribution < -0.4 is 14.8 Å². The summed E-state index contributed by atoms with van der Waals surface area (Å²) in [4.78, 5) is 24.8. The number of esters is 1. The summed E-state index contributed by atoms with van der Waals surface area (Å²) in [6, 6.07) is 13.7. The van der Waals surface area contributed by atoms with Crippen LogP contribution in [-0.4, -0.2) is 43.9 Å². The predicted octanol–water partition coefficient (Wildman–Crippen LogP) is 3.83. The molecule has 0 aromatic heterocycles. The van der Waals surface area contributed by atoms with Gasteiger partial charge in [0.25, 0.3) is 5.91 Å². The van der Waals surface area contributed by atoms with Gasteiger partial charge in [0.1, 0.15) is 18.1 Å². The van der Waals surface area contributed by atoms with Crippen molar-refractivity contribution in [2.75, 3.05) is 25.1 Å². The SMILES string of the molecule is CCOc1ccccc1NC(=O)C(C)OC(=O)c1ccc(OCC2CCCO2)cc1.